The molecule has 3 N–H and O–H groups in total. The summed E-state index contributed by atoms with van der Waals surface area (Å²) in [5.41, 5.74) is 6.94. The van der Waals surface area contributed by atoms with E-state index in [0.29, 0.717) is 13.1 Å². The molecule has 0 radical (unpaired) electrons. The maximum Gasteiger partial charge on any atom is 0.303 e. The number of carboxylic acids is 1. The number of aliphatic hydroxyl groups excluding tert-OH is 1. The highest BCUT2D eigenvalue weighted by molar-refractivity contribution is 5.80. The number of aliphatic carboxylic acids is 1. The molecule has 0 aliphatic carbocycles. The molecule has 1 heterocycles. The molecule has 0 unspecified atom stereocenters. The molecule has 246 valence electrons. The Hall–Kier alpha value is -4.34. The third-order valence-electron chi connectivity index (χ3n) is 9.01. The van der Waals surface area contributed by atoms with Crippen LogP contribution in [0.5, 0.6) is 0 Å². The van der Waals surface area contributed by atoms with Crippen LogP contribution in [0.2, 0.25) is 0 Å². The van der Waals surface area contributed by atoms with Crippen molar-refractivity contribution in [3.05, 3.63) is 131 Å². The second-order valence-corrected chi connectivity index (χ2v) is 12.3. The SMILES string of the molecule is C[C@@H]1[C@H](CN(C)[C@@H](C)c2ccccc2)O[C@H](c2cccc(-c3cccc(CNC(=O)CCC(=O)O)c3)c2)O[C@@H]1c1ccc(CO)cc1. The zero-order chi connectivity index (χ0) is 33.3. The molecule has 5 atom stereocenters. The maximum absolute atomic E-state index is 12.1. The average Bonchev–Trinajstić information content (AvgIpc) is 3.11. The van der Waals surface area contributed by atoms with Gasteiger partial charge in [0, 0.05) is 37.0 Å². The maximum atomic E-state index is 12.1. The van der Waals surface area contributed by atoms with Gasteiger partial charge in [-0.15, -0.1) is 0 Å². The molecule has 8 heteroatoms. The fourth-order valence-corrected chi connectivity index (χ4v) is 5.99. The van der Waals surface area contributed by atoms with Gasteiger partial charge in [-0.25, -0.2) is 0 Å². The second-order valence-electron chi connectivity index (χ2n) is 12.3. The van der Waals surface area contributed by atoms with Crippen molar-refractivity contribution < 1.29 is 29.3 Å². The molecular formula is C39H44N2O6. The molecule has 1 amide bonds. The van der Waals surface area contributed by atoms with Crippen LogP contribution in [-0.2, 0) is 32.2 Å². The minimum atomic E-state index is -0.992. The number of nitrogens with zero attached hydrogens (tertiary/aromatic N) is 1. The second kappa shape index (κ2) is 16.0. The van der Waals surface area contributed by atoms with Crippen molar-refractivity contribution in [3.63, 3.8) is 0 Å². The number of hydrogen-bond acceptors (Lipinski definition) is 6. The van der Waals surface area contributed by atoms with E-state index >= 15 is 0 Å². The van der Waals surface area contributed by atoms with E-state index in [0.717, 1.165) is 33.4 Å². The zero-order valence-electron chi connectivity index (χ0n) is 27.2. The quantitative estimate of drug-likeness (QED) is 0.148. The van der Waals surface area contributed by atoms with Crippen molar-refractivity contribution in [2.75, 3.05) is 13.6 Å². The number of benzene rings is 4. The Labute approximate surface area is 277 Å². The van der Waals surface area contributed by atoms with E-state index in [4.69, 9.17) is 14.6 Å². The molecule has 5 rings (SSSR count). The molecule has 4 aromatic rings. The van der Waals surface area contributed by atoms with E-state index in [1.54, 1.807) is 0 Å². The van der Waals surface area contributed by atoms with Gasteiger partial charge in [0.25, 0.3) is 0 Å². The number of carboxylic acid groups (broad SMARTS) is 1. The molecule has 8 nitrogen and oxygen atoms in total. The first-order chi connectivity index (χ1) is 22.7. The number of rotatable bonds is 13. The largest absolute Gasteiger partial charge is 0.481 e. The topological polar surface area (TPSA) is 108 Å². The number of aliphatic hydroxyl groups is 1. The smallest absolute Gasteiger partial charge is 0.303 e. The van der Waals surface area contributed by atoms with Gasteiger partial charge in [0.05, 0.1) is 25.2 Å². The van der Waals surface area contributed by atoms with Crippen LogP contribution in [0, 0.1) is 5.92 Å². The molecule has 0 bridgehead atoms. The molecule has 1 aliphatic heterocycles. The highest BCUT2D eigenvalue weighted by atomic mass is 16.7. The van der Waals surface area contributed by atoms with Crippen LogP contribution >= 0.6 is 0 Å². The Bertz CT molecular complexity index is 1630. The van der Waals surface area contributed by atoms with Gasteiger partial charge in [-0.1, -0.05) is 97.9 Å². The summed E-state index contributed by atoms with van der Waals surface area (Å²) >= 11 is 0. The van der Waals surface area contributed by atoms with Crippen LogP contribution in [0.15, 0.2) is 103 Å². The van der Waals surface area contributed by atoms with Crippen molar-refractivity contribution in [1.29, 1.82) is 0 Å². The van der Waals surface area contributed by atoms with Crippen LogP contribution in [0.25, 0.3) is 11.1 Å². The van der Waals surface area contributed by atoms with Crippen LogP contribution in [0.1, 0.15) is 72.9 Å². The van der Waals surface area contributed by atoms with Gasteiger partial charge >= 0.3 is 5.97 Å². The lowest BCUT2D eigenvalue weighted by Gasteiger charge is -2.43. The molecular weight excluding hydrogens is 592 g/mol. The molecule has 47 heavy (non-hydrogen) atoms. The number of carbonyl (C=O) groups is 2. The molecule has 0 spiro atoms. The van der Waals surface area contributed by atoms with E-state index in [2.05, 4.69) is 61.4 Å². The standard InChI is InChI=1S/C39H44N2O6/c1-26-35(24-41(3)27(2)30-10-5-4-6-11-30)46-39(47-38(26)31-17-15-28(25-42)16-18-31)34-14-8-13-33(22-34)32-12-7-9-29(21-32)23-40-36(43)19-20-37(44)45/h4-18,21-22,26-27,35,38-39,42H,19-20,23-25H2,1-3H3,(H,40,43)(H,44,45)/t26-,27+,35+,38+,39+/m1/s1. The Morgan fingerprint density at radius 3 is 2.23 bits per heavy atom. The van der Waals surface area contributed by atoms with Crippen molar-refractivity contribution in [3.8, 4) is 11.1 Å². The Morgan fingerprint density at radius 2 is 1.53 bits per heavy atom. The van der Waals surface area contributed by atoms with Gasteiger partial charge in [0.2, 0.25) is 5.91 Å². The molecule has 0 saturated carbocycles. The van der Waals surface area contributed by atoms with E-state index < -0.39 is 12.3 Å². The predicted molar refractivity (Wildman–Crippen MR) is 181 cm³/mol. The zero-order valence-corrected chi connectivity index (χ0v) is 27.2. The highest BCUT2D eigenvalue weighted by Gasteiger charge is 2.39. The monoisotopic (exact) mass is 636 g/mol. The van der Waals surface area contributed by atoms with Crippen molar-refractivity contribution in [1.82, 2.24) is 10.2 Å². The van der Waals surface area contributed by atoms with Gasteiger partial charge in [0.1, 0.15) is 0 Å². The number of ether oxygens (including phenoxy) is 2. The molecule has 0 aromatic heterocycles. The van der Waals surface area contributed by atoms with Gasteiger partial charge in [-0.2, -0.15) is 0 Å². The lowest BCUT2D eigenvalue weighted by atomic mass is 9.89. The number of amides is 1. The predicted octanol–water partition coefficient (Wildman–Crippen LogP) is 6.81. The third-order valence-corrected chi connectivity index (χ3v) is 9.01. The van der Waals surface area contributed by atoms with Crippen LogP contribution < -0.4 is 5.32 Å². The van der Waals surface area contributed by atoms with Gasteiger partial charge in [-0.05, 0) is 59.5 Å². The Kier molecular flexibility index (Phi) is 11.6. The van der Waals surface area contributed by atoms with Crippen LogP contribution in [-0.4, -0.2) is 46.7 Å². The highest BCUT2D eigenvalue weighted by Crippen LogP contribution is 2.42. The summed E-state index contributed by atoms with van der Waals surface area (Å²) in [7, 11) is 2.13. The van der Waals surface area contributed by atoms with Crippen molar-refractivity contribution >= 4 is 11.9 Å². The summed E-state index contributed by atoms with van der Waals surface area (Å²) < 4.78 is 13.5. The third kappa shape index (κ3) is 8.93. The van der Waals surface area contributed by atoms with E-state index in [9.17, 15) is 14.7 Å². The van der Waals surface area contributed by atoms with Gasteiger partial charge in [0.15, 0.2) is 6.29 Å². The fourth-order valence-electron chi connectivity index (χ4n) is 5.99. The van der Waals surface area contributed by atoms with Gasteiger partial charge < -0.3 is 25.0 Å². The first-order valence-corrected chi connectivity index (χ1v) is 16.2. The number of carbonyl (C=O) groups excluding carboxylic acids is 1. The summed E-state index contributed by atoms with van der Waals surface area (Å²) in [4.78, 5) is 25.2. The molecule has 1 fully saturated rings. The van der Waals surface area contributed by atoms with E-state index in [-0.39, 0.29) is 49.5 Å². The summed E-state index contributed by atoms with van der Waals surface area (Å²) in [6.07, 6.45) is -1.18. The number of likely N-dealkylation sites (N-methyl/N-ethyl adjacent to an activating group) is 1. The lowest BCUT2D eigenvalue weighted by molar-refractivity contribution is -0.276. The van der Waals surface area contributed by atoms with Crippen molar-refractivity contribution in [2.24, 2.45) is 5.92 Å². The first-order valence-electron chi connectivity index (χ1n) is 16.2. The van der Waals surface area contributed by atoms with Crippen molar-refractivity contribution in [2.45, 2.75) is 64.4 Å². The minimum Gasteiger partial charge on any atom is -0.481 e. The Balaban J connectivity index is 1.37. The minimum absolute atomic E-state index is 0.0109. The van der Waals surface area contributed by atoms with E-state index in [1.807, 2.05) is 72.8 Å². The van der Waals surface area contributed by atoms with E-state index in [1.165, 1.54) is 5.56 Å². The van der Waals surface area contributed by atoms with Gasteiger partial charge in [-0.3, -0.25) is 14.5 Å². The summed E-state index contributed by atoms with van der Waals surface area (Å²) in [5, 5.41) is 21.3. The number of hydrogen-bond donors (Lipinski definition) is 3. The Morgan fingerprint density at radius 1 is 0.830 bits per heavy atom. The fraction of sp³-hybridized carbons (Fsp3) is 0.333. The lowest BCUT2D eigenvalue weighted by Crippen LogP contribution is -2.44. The van der Waals surface area contributed by atoms with Crippen LogP contribution in [0.3, 0.4) is 0 Å². The summed E-state index contributed by atoms with van der Waals surface area (Å²) in [5.74, 6) is -1.23. The summed E-state index contributed by atoms with van der Waals surface area (Å²) in [6.45, 7) is 5.40. The molecule has 4 aromatic carbocycles. The molecule has 1 saturated heterocycles. The first kappa shape index (κ1) is 34.0. The van der Waals surface area contributed by atoms with Crippen LogP contribution in [0.4, 0.5) is 0 Å². The normalized spacial score (nSPS) is 20.1. The number of nitrogens with one attached hydrogen (secondary N) is 1. The average molecular weight is 637 g/mol. The summed E-state index contributed by atoms with van der Waals surface area (Å²) in [6, 6.07) is 34.7. The molecule has 1 aliphatic rings.